The molecule has 0 heterocycles. The number of carbonyl (C=O) groups is 1. The third-order valence-electron chi connectivity index (χ3n) is 2.01. The molecule has 0 aliphatic heterocycles. The van der Waals surface area contributed by atoms with E-state index in [1.165, 1.54) is 11.6 Å². The minimum absolute atomic E-state index is 0.166. The van der Waals surface area contributed by atoms with Crippen molar-refractivity contribution in [3.8, 4) is 11.8 Å². The molecule has 0 aromatic heterocycles. The number of rotatable bonds is 4. The van der Waals surface area contributed by atoms with Gasteiger partial charge in [0, 0.05) is 18.3 Å². The molecule has 1 N–H and O–H groups in total. The zero-order valence-corrected chi connectivity index (χ0v) is 9.58. The minimum atomic E-state index is -0.166. The van der Waals surface area contributed by atoms with E-state index < -0.39 is 0 Å². The summed E-state index contributed by atoms with van der Waals surface area (Å²) in [5.41, 5.74) is 2.01. The number of hydrogen-bond acceptors (Lipinski definition) is 2. The normalized spacial score (nSPS) is 10.2. The standard InChI is InChI=1S/C14H15NO/c1-3-7-14(16)10-12(2)15-11-13-8-5-4-6-9-13/h4-6,8-10,15H,11H2,1-2H3/b12-10-. The minimum Gasteiger partial charge on any atom is -0.384 e. The quantitative estimate of drug-likeness (QED) is 0.472. The van der Waals surface area contributed by atoms with Crippen molar-refractivity contribution in [3.63, 3.8) is 0 Å². The summed E-state index contributed by atoms with van der Waals surface area (Å²) in [5.74, 6) is 4.88. The molecule has 1 aromatic carbocycles. The molecule has 0 aliphatic carbocycles. The summed E-state index contributed by atoms with van der Waals surface area (Å²) in [6, 6.07) is 10.0. The topological polar surface area (TPSA) is 29.1 Å². The number of nitrogens with one attached hydrogen (secondary N) is 1. The van der Waals surface area contributed by atoms with E-state index in [1.54, 1.807) is 6.92 Å². The van der Waals surface area contributed by atoms with E-state index >= 15 is 0 Å². The molecule has 0 saturated heterocycles. The van der Waals surface area contributed by atoms with Crippen LogP contribution in [0.3, 0.4) is 0 Å². The Bertz CT molecular complexity index is 435. The first-order valence-electron chi connectivity index (χ1n) is 5.15. The van der Waals surface area contributed by atoms with Crippen molar-refractivity contribution in [2.45, 2.75) is 20.4 Å². The molecule has 2 heteroatoms. The summed E-state index contributed by atoms with van der Waals surface area (Å²) >= 11 is 0. The molecule has 0 bridgehead atoms. The summed E-state index contributed by atoms with van der Waals surface area (Å²) in [6.07, 6.45) is 1.51. The third-order valence-corrected chi connectivity index (χ3v) is 2.01. The molecule has 82 valence electrons. The van der Waals surface area contributed by atoms with E-state index in [0.29, 0.717) is 0 Å². The fourth-order valence-electron chi connectivity index (χ4n) is 1.24. The first-order chi connectivity index (χ1) is 7.72. The third kappa shape index (κ3) is 4.47. The second-order valence-electron chi connectivity index (χ2n) is 3.41. The monoisotopic (exact) mass is 213 g/mol. The lowest BCUT2D eigenvalue weighted by atomic mass is 10.2. The Kier molecular flexibility index (Phi) is 4.88. The first-order valence-corrected chi connectivity index (χ1v) is 5.15. The summed E-state index contributed by atoms with van der Waals surface area (Å²) in [6.45, 7) is 4.23. The Morgan fingerprint density at radius 1 is 1.38 bits per heavy atom. The van der Waals surface area contributed by atoms with E-state index in [-0.39, 0.29) is 5.78 Å². The lowest BCUT2D eigenvalue weighted by Gasteiger charge is -2.05. The van der Waals surface area contributed by atoms with Gasteiger partial charge in [-0.25, -0.2) is 0 Å². The van der Waals surface area contributed by atoms with Gasteiger partial charge in [-0.05, 0) is 25.3 Å². The van der Waals surface area contributed by atoms with Crippen LogP contribution in [0.4, 0.5) is 0 Å². The first kappa shape index (κ1) is 12.1. The summed E-state index contributed by atoms with van der Waals surface area (Å²) in [4.78, 5) is 11.2. The lowest BCUT2D eigenvalue weighted by Crippen LogP contribution is -2.11. The van der Waals surface area contributed by atoms with Crippen LogP contribution in [0, 0.1) is 11.8 Å². The van der Waals surface area contributed by atoms with Gasteiger partial charge in [0.25, 0.3) is 0 Å². The predicted octanol–water partition coefficient (Wildman–Crippen LogP) is 2.27. The highest BCUT2D eigenvalue weighted by atomic mass is 16.1. The maximum Gasteiger partial charge on any atom is 0.230 e. The van der Waals surface area contributed by atoms with Crippen LogP contribution in [0.2, 0.25) is 0 Å². The van der Waals surface area contributed by atoms with Gasteiger partial charge in [0.1, 0.15) is 0 Å². The van der Waals surface area contributed by atoms with Gasteiger partial charge in [-0.2, -0.15) is 0 Å². The van der Waals surface area contributed by atoms with Crippen molar-refractivity contribution in [1.29, 1.82) is 0 Å². The van der Waals surface area contributed by atoms with E-state index in [2.05, 4.69) is 17.2 Å². The van der Waals surface area contributed by atoms with Crippen LogP contribution in [0.1, 0.15) is 19.4 Å². The Hall–Kier alpha value is -2.01. The molecule has 2 nitrogen and oxygen atoms in total. The van der Waals surface area contributed by atoms with E-state index in [0.717, 1.165) is 12.2 Å². The van der Waals surface area contributed by atoms with Crippen LogP contribution in [0.5, 0.6) is 0 Å². The van der Waals surface area contributed by atoms with Crippen molar-refractivity contribution in [1.82, 2.24) is 5.32 Å². The molecule has 1 rings (SSSR count). The summed E-state index contributed by atoms with van der Waals surface area (Å²) < 4.78 is 0. The largest absolute Gasteiger partial charge is 0.384 e. The van der Waals surface area contributed by atoms with Gasteiger partial charge >= 0.3 is 0 Å². The second-order valence-corrected chi connectivity index (χ2v) is 3.41. The number of hydrogen-bond donors (Lipinski definition) is 1. The maximum absolute atomic E-state index is 11.2. The highest BCUT2D eigenvalue weighted by Gasteiger charge is 1.94. The number of benzene rings is 1. The van der Waals surface area contributed by atoms with E-state index in [1.807, 2.05) is 37.3 Å². The SMILES string of the molecule is CC#CC(=O)/C=C(/C)NCc1ccccc1. The average molecular weight is 213 g/mol. The second kappa shape index (κ2) is 6.47. The molecule has 0 aliphatic rings. The van der Waals surface area contributed by atoms with Gasteiger partial charge in [-0.15, -0.1) is 0 Å². The Morgan fingerprint density at radius 3 is 2.69 bits per heavy atom. The molecular formula is C14H15NO. The van der Waals surface area contributed by atoms with Gasteiger partial charge in [0.2, 0.25) is 5.78 Å². The predicted molar refractivity (Wildman–Crippen MR) is 65.5 cm³/mol. The molecule has 0 amide bonds. The van der Waals surface area contributed by atoms with Crippen molar-refractivity contribution in [2.24, 2.45) is 0 Å². The molecule has 0 spiro atoms. The fourth-order valence-corrected chi connectivity index (χ4v) is 1.24. The van der Waals surface area contributed by atoms with Crippen LogP contribution in [-0.4, -0.2) is 5.78 Å². The molecular weight excluding hydrogens is 198 g/mol. The van der Waals surface area contributed by atoms with Crippen LogP contribution >= 0.6 is 0 Å². The Morgan fingerprint density at radius 2 is 2.06 bits per heavy atom. The van der Waals surface area contributed by atoms with Crippen LogP contribution in [0.25, 0.3) is 0 Å². The molecule has 16 heavy (non-hydrogen) atoms. The van der Waals surface area contributed by atoms with Crippen LogP contribution in [0.15, 0.2) is 42.1 Å². The molecule has 0 radical (unpaired) electrons. The Labute approximate surface area is 96.4 Å². The number of allylic oxidation sites excluding steroid dienone is 2. The smallest absolute Gasteiger partial charge is 0.230 e. The number of ketones is 1. The average Bonchev–Trinajstić information content (AvgIpc) is 2.28. The van der Waals surface area contributed by atoms with Crippen molar-refractivity contribution in [2.75, 3.05) is 0 Å². The fraction of sp³-hybridized carbons (Fsp3) is 0.214. The molecule has 1 aromatic rings. The van der Waals surface area contributed by atoms with Gasteiger partial charge in [-0.1, -0.05) is 36.3 Å². The van der Waals surface area contributed by atoms with Gasteiger partial charge < -0.3 is 5.32 Å². The molecule has 0 fully saturated rings. The van der Waals surface area contributed by atoms with Crippen LogP contribution < -0.4 is 5.32 Å². The molecule has 0 unspecified atom stereocenters. The van der Waals surface area contributed by atoms with E-state index in [9.17, 15) is 4.79 Å². The highest BCUT2D eigenvalue weighted by molar-refractivity contribution is 6.04. The van der Waals surface area contributed by atoms with Crippen molar-refractivity contribution < 1.29 is 4.79 Å². The summed E-state index contributed by atoms with van der Waals surface area (Å²) in [7, 11) is 0. The van der Waals surface area contributed by atoms with Gasteiger partial charge in [0.05, 0.1) is 0 Å². The molecule has 0 saturated carbocycles. The highest BCUT2D eigenvalue weighted by Crippen LogP contribution is 1.99. The van der Waals surface area contributed by atoms with Crippen molar-refractivity contribution in [3.05, 3.63) is 47.7 Å². The van der Waals surface area contributed by atoms with Gasteiger partial charge in [0.15, 0.2) is 0 Å². The van der Waals surface area contributed by atoms with Gasteiger partial charge in [-0.3, -0.25) is 4.79 Å². The Balaban J connectivity index is 2.49. The summed E-state index contributed by atoms with van der Waals surface area (Å²) in [5, 5.41) is 3.16. The van der Waals surface area contributed by atoms with Crippen LogP contribution in [-0.2, 0) is 11.3 Å². The molecule has 0 atom stereocenters. The maximum atomic E-state index is 11.2. The van der Waals surface area contributed by atoms with Crippen molar-refractivity contribution >= 4 is 5.78 Å². The number of carbonyl (C=O) groups excluding carboxylic acids is 1. The lowest BCUT2D eigenvalue weighted by molar-refractivity contribution is -0.109. The van der Waals surface area contributed by atoms with E-state index in [4.69, 9.17) is 0 Å². The zero-order valence-electron chi connectivity index (χ0n) is 9.58. The zero-order chi connectivity index (χ0) is 11.8.